The van der Waals surface area contributed by atoms with Gasteiger partial charge in [-0.3, -0.25) is 14.3 Å². The van der Waals surface area contributed by atoms with E-state index in [-0.39, 0.29) is 38.8 Å². The van der Waals surface area contributed by atoms with Crippen LogP contribution in [0.2, 0.25) is 0 Å². The molecular formula is C19H19N3O8S. The third-order valence-corrected chi connectivity index (χ3v) is 5.32. The zero-order valence-electron chi connectivity index (χ0n) is 16.4. The maximum Gasteiger partial charge on any atom is 0.328 e. The molecule has 2 rings (SSSR count). The number of hydrogen-bond acceptors (Lipinski definition) is 7. The summed E-state index contributed by atoms with van der Waals surface area (Å²) in [6.45, 7) is 0. The van der Waals surface area contributed by atoms with Crippen molar-refractivity contribution in [1.82, 2.24) is 0 Å². The predicted octanol–water partition coefficient (Wildman–Crippen LogP) is 0.800. The van der Waals surface area contributed by atoms with Gasteiger partial charge in [-0.2, -0.15) is 0 Å². The van der Waals surface area contributed by atoms with Crippen LogP contribution in [0.4, 0.5) is 5.69 Å². The molecule has 2 aromatic rings. The summed E-state index contributed by atoms with van der Waals surface area (Å²) in [5, 5.41) is 8.82. The van der Waals surface area contributed by atoms with Crippen molar-refractivity contribution >= 4 is 39.6 Å². The first-order valence-electron chi connectivity index (χ1n) is 8.43. The third kappa shape index (κ3) is 5.51. The highest BCUT2D eigenvalue weighted by Crippen LogP contribution is 2.37. The molecule has 0 fully saturated rings. The number of rotatable bonds is 9. The van der Waals surface area contributed by atoms with E-state index < -0.39 is 27.8 Å². The smallest absolute Gasteiger partial charge is 0.328 e. The number of sulfonamides is 1. The highest BCUT2D eigenvalue weighted by molar-refractivity contribution is 7.92. The first kappa shape index (κ1) is 23.2. The molecule has 0 aliphatic heterocycles. The van der Waals surface area contributed by atoms with Crippen molar-refractivity contribution < 1.29 is 37.4 Å². The molecule has 0 saturated heterocycles. The number of carbonyl (C=O) groups is 3. The van der Waals surface area contributed by atoms with Crippen molar-refractivity contribution in [2.24, 2.45) is 11.5 Å². The molecule has 31 heavy (non-hydrogen) atoms. The van der Waals surface area contributed by atoms with E-state index in [9.17, 15) is 22.8 Å². The third-order valence-electron chi connectivity index (χ3n) is 3.93. The number of anilines is 1. The van der Waals surface area contributed by atoms with Crippen LogP contribution in [-0.2, 0) is 14.8 Å². The summed E-state index contributed by atoms with van der Waals surface area (Å²) >= 11 is 0. The summed E-state index contributed by atoms with van der Waals surface area (Å²) in [5.41, 5.74) is 10.2. The fraction of sp³-hybridized carbons (Fsp3) is 0.105. The summed E-state index contributed by atoms with van der Waals surface area (Å²) in [4.78, 5) is 33.5. The molecule has 164 valence electrons. The SMILES string of the molecule is COc1cc(C=CC(=O)O)cc(S(=O)(=O)Nc2cc(C(N)=O)cc(C(N)=O)c2)c1OC. The number of amides is 2. The van der Waals surface area contributed by atoms with Crippen LogP contribution in [0.5, 0.6) is 11.5 Å². The van der Waals surface area contributed by atoms with E-state index in [2.05, 4.69) is 4.72 Å². The van der Waals surface area contributed by atoms with E-state index in [1.807, 2.05) is 0 Å². The Kier molecular flexibility index (Phi) is 6.87. The average Bonchev–Trinajstić information content (AvgIpc) is 2.70. The highest BCUT2D eigenvalue weighted by atomic mass is 32.2. The number of hydrogen-bond donors (Lipinski definition) is 4. The highest BCUT2D eigenvalue weighted by Gasteiger charge is 2.25. The molecule has 0 aliphatic rings. The Balaban J connectivity index is 2.64. The first-order chi connectivity index (χ1) is 14.5. The lowest BCUT2D eigenvalue weighted by Gasteiger charge is -2.16. The van der Waals surface area contributed by atoms with E-state index in [4.69, 9.17) is 26.0 Å². The second-order valence-corrected chi connectivity index (χ2v) is 7.71. The lowest BCUT2D eigenvalue weighted by atomic mass is 10.1. The lowest BCUT2D eigenvalue weighted by Crippen LogP contribution is -2.19. The van der Waals surface area contributed by atoms with Gasteiger partial charge in [0.1, 0.15) is 4.90 Å². The van der Waals surface area contributed by atoms with E-state index in [0.29, 0.717) is 0 Å². The van der Waals surface area contributed by atoms with Gasteiger partial charge in [0.15, 0.2) is 11.5 Å². The van der Waals surface area contributed by atoms with Gasteiger partial charge in [-0.1, -0.05) is 0 Å². The molecule has 0 aromatic heterocycles. The Labute approximate surface area is 177 Å². The van der Waals surface area contributed by atoms with E-state index >= 15 is 0 Å². The van der Waals surface area contributed by atoms with Gasteiger partial charge < -0.3 is 26.0 Å². The molecular weight excluding hydrogens is 430 g/mol. The Morgan fingerprint density at radius 2 is 1.55 bits per heavy atom. The van der Waals surface area contributed by atoms with Crippen molar-refractivity contribution in [3.05, 3.63) is 53.1 Å². The number of carboxylic acid groups (broad SMARTS) is 1. The van der Waals surface area contributed by atoms with Crippen LogP contribution in [-0.4, -0.2) is 45.5 Å². The summed E-state index contributed by atoms with van der Waals surface area (Å²) in [7, 11) is -1.87. The largest absolute Gasteiger partial charge is 0.493 e. The van der Waals surface area contributed by atoms with Crippen molar-refractivity contribution in [2.75, 3.05) is 18.9 Å². The summed E-state index contributed by atoms with van der Waals surface area (Å²) in [6, 6.07) is 5.93. The van der Waals surface area contributed by atoms with Gasteiger partial charge in [0.25, 0.3) is 10.0 Å². The molecule has 6 N–H and O–H groups in total. The molecule has 0 unspecified atom stereocenters. The molecule has 0 bridgehead atoms. The van der Waals surface area contributed by atoms with Crippen LogP contribution < -0.4 is 25.7 Å². The molecule has 12 heteroatoms. The summed E-state index contributed by atoms with van der Waals surface area (Å²) in [6.07, 6.45) is 1.99. The maximum atomic E-state index is 13.1. The minimum Gasteiger partial charge on any atom is -0.493 e. The van der Waals surface area contributed by atoms with Crippen molar-refractivity contribution in [3.63, 3.8) is 0 Å². The average molecular weight is 449 g/mol. The summed E-state index contributed by atoms with van der Waals surface area (Å²) in [5.74, 6) is -3.16. The van der Waals surface area contributed by atoms with Crippen LogP contribution in [0.25, 0.3) is 6.08 Å². The van der Waals surface area contributed by atoms with Crippen LogP contribution in [0.1, 0.15) is 26.3 Å². The quantitative estimate of drug-likeness (QED) is 0.404. The van der Waals surface area contributed by atoms with E-state index in [0.717, 1.165) is 30.3 Å². The molecule has 0 heterocycles. The van der Waals surface area contributed by atoms with Gasteiger partial charge in [-0.05, 0) is 42.0 Å². The van der Waals surface area contributed by atoms with Crippen molar-refractivity contribution in [3.8, 4) is 11.5 Å². The van der Waals surface area contributed by atoms with Crippen LogP contribution in [0, 0.1) is 0 Å². The molecule has 0 atom stereocenters. The van der Waals surface area contributed by atoms with Gasteiger partial charge in [-0.25, -0.2) is 13.2 Å². The van der Waals surface area contributed by atoms with Crippen molar-refractivity contribution in [1.29, 1.82) is 0 Å². The molecule has 0 saturated carbocycles. The number of aliphatic carboxylic acids is 1. The molecule has 0 radical (unpaired) electrons. The van der Waals surface area contributed by atoms with Crippen LogP contribution >= 0.6 is 0 Å². The van der Waals surface area contributed by atoms with Gasteiger partial charge in [0.2, 0.25) is 11.8 Å². The standard InChI is InChI=1S/C19H19N3O8S/c1-29-14-5-10(3-4-16(23)24)6-15(17(14)30-2)31(27,28)22-13-8-11(18(20)25)7-12(9-13)19(21)26/h3-9,22H,1-2H3,(H2,20,25)(H2,21,26)(H,23,24). The maximum absolute atomic E-state index is 13.1. The minimum absolute atomic E-state index is 0.0270. The fourth-order valence-corrected chi connectivity index (χ4v) is 3.85. The normalized spacial score (nSPS) is 11.2. The Morgan fingerprint density at radius 1 is 0.968 bits per heavy atom. The van der Waals surface area contributed by atoms with Gasteiger partial charge in [-0.15, -0.1) is 0 Å². The first-order valence-corrected chi connectivity index (χ1v) is 9.91. The van der Waals surface area contributed by atoms with Crippen molar-refractivity contribution in [2.45, 2.75) is 4.90 Å². The molecule has 2 amide bonds. The number of methoxy groups -OCH3 is 2. The molecule has 0 aliphatic carbocycles. The second kappa shape index (κ2) is 9.17. The number of primary amides is 2. The number of nitrogens with one attached hydrogen (secondary N) is 1. The number of carbonyl (C=O) groups excluding carboxylic acids is 2. The summed E-state index contributed by atoms with van der Waals surface area (Å²) < 4.78 is 38.7. The number of ether oxygens (including phenoxy) is 2. The Hall–Kier alpha value is -4.06. The zero-order chi connectivity index (χ0) is 23.3. The minimum atomic E-state index is -4.38. The molecule has 2 aromatic carbocycles. The topological polar surface area (TPSA) is 188 Å². The van der Waals surface area contributed by atoms with Gasteiger partial charge >= 0.3 is 5.97 Å². The number of nitrogens with two attached hydrogens (primary N) is 2. The van der Waals surface area contributed by atoms with E-state index in [1.165, 1.54) is 26.4 Å². The Morgan fingerprint density at radius 3 is 2.00 bits per heavy atom. The van der Waals surface area contributed by atoms with Crippen LogP contribution in [0.3, 0.4) is 0 Å². The van der Waals surface area contributed by atoms with Gasteiger partial charge in [0, 0.05) is 17.2 Å². The number of carboxylic acids is 1. The van der Waals surface area contributed by atoms with Crippen LogP contribution in [0.15, 0.2) is 41.3 Å². The Bertz CT molecular complexity index is 1160. The molecule has 11 nitrogen and oxygen atoms in total. The monoisotopic (exact) mass is 449 g/mol. The number of benzene rings is 2. The lowest BCUT2D eigenvalue weighted by molar-refractivity contribution is -0.131. The fourth-order valence-electron chi connectivity index (χ4n) is 2.59. The van der Waals surface area contributed by atoms with E-state index in [1.54, 1.807) is 0 Å². The molecule has 0 spiro atoms. The second-order valence-electron chi connectivity index (χ2n) is 6.06. The zero-order valence-corrected chi connectivity index (χ0v) is 17.2. The van der Waals surface area contributed by atoms with Gasteiger partial charge in [0.05, 0.1) is 19.9 Å². The predicted molar refractivity (Wildman–Crippen MR) is 111 cm³/mol.